The zero-order chi connectivity index (χ0) is 16.9. The summed E-state index contributed by atoms with van der Waals surface area (Å²) >= 11 is 6.47. The predicted molar refractivity (Wildman–Crippen MR) is 97.0 cm³/mol. The fourth-order valence-electron chi connectivity index (χ4n) is 3.24. The van der Waals surface area contributed by atoms with E-state index in [2.05, 4.69) is 34.9 Å². The SMILES string of the molecule is COc1ccc(CN[C@@H]2CCN[C@@H]2c2ccccc2)c(Cl)c1OC. The molecule has 0 spiro atoms. The van der Waals surface area contributed by atoms with Gasteiger partial charge in [0.1, 0.15) is 0 Å². The Balaban J connectivity index is 1.71. The molecule has 3 rings (SSSR count). The molecule has 2 aromatic rings. The fourth-order valence-corrected chi connectivity index (χ4v) is 3.54. The Morgan fingerprint density at radius 1 is 1.12 bits per heavy atom. The first-order valence-corrected chi connectivity index (χ1v) is 8.53. The largest absolute Gasteiger partial charge is 0.493 e. The lowest BCUT2D eigenvalue weighted by atomic mass is 10.0. The monoisotopic (exact) mass is 346 g/mol. The summed E-state index contributed by atoms with van der Waals surface area (Å²) in [5.74, 6) is 1.23. The molecule has 1 aliphatic rings. The van der Waals surface area contributed by atoms with Crippen molar-refractivity contribution in [3.8, 4) is 11.5 Å². The number of methoxy groups -OCH3 is 2. The Morgan fingerprint density at radius 3 is 2.62 bits per heavy atom. The minimum Gasteiger partial charge on any atom is -0.493 e. The standard InChI is InChI=1S/C19H23ClN2O2/c1-23-16-9-8-14(17(20)19(16)24-2)12-22-15-10-11-21-18(15)13-6-4-3-5-7-13/h3-9,15,18,21-22H,10-12H2,1-2H3/t15-,18-/m1/s1. The van der Waals surface area contributed by atoms with Crippen molar-refractivity contribution in [3.05, 3.63) is 58.6 Å². The highest BCUT2D eigenvalue weighted by Gasteiger charge is 2.27. The van der Waals surface area contributed by atoms with Crippen LogP contribution in [0.3, 0.4) is 0 Å². The summed E-state index contributed by atoms with van der Waals surface area (Å²) in [7, 11) is 3.22. The number of ether oxygens (including phenoxy) is 2. The Bertz CT molecular complexity index is 679. The van der Waals surface area contributed by atoms with Gasteiger partial charge < -0.3 is 20.1 Å². The third-order valence-electron chi connectivity index (χ3n) is 4.50. The molecule has 2 aromatic carbocycles. The van der Waals surface area contributed by atoms with Crippen LogP contribution in [0.15, 0.2) is 42.5 Å². The Kier molecular flexibility index (Phi) is 5.61. The van der Waals surface area contributed by atoms with Crippen molar-refractivity contribution in [1.29, 1.82) is 0 Å². The van der Waals surface area contributed by atoms with Crippen LogP contribution in [-0.4, -0.2) is 26.8 Å². The number of benzene rings is 2. The van der Waals surface area contributed by atoms with Crippen molar-refractivity contribution in [2.45, 2.75) is 25.0 Å². The number of halogens is 1. The molecule has 1 saturated heterocycles. The number of hydrogen-bond donors (Lipinski definition) is 2. The molecule has 0 amide bonds. The molecule has 2 N–H and O–H groups in total. The van der Waals surface area contributed by atoms with Crippen molar-refractivity contribution >= 4 is 11.6 Å². The molecular weight excluding hydrogens is 324 g/mol. The van der Waals surface area contributed by atoms with Gasteiger partial charge in [-0.05, 0) is 30.2 Å². The molecule has 0 saturated carbocycles. The first kappa shape index (κ1) is 17.1. The molecule has 128 valence electrons. The fraction of sp³-hybridized carbons (Fsp3) is 0.368. The summed E-state index contributed by atoms with van der Waals surface area (Å²) in [6.07, 6.45) is 1.09. The molecule has 0 radical (unpaired) electrons. The minimum absolute atomic E-state index is 0.324. The summed E-state index contributed by atoms with van der Waals surface area (Å²) < 4.78 is 10.7. The van der Waals surface area contributed by atoms with E-state index >= 15 is 0 Å². The zero-order valence-corrected chi connectivity index (χ0v) is 14.8. The molecule has 1 fully saturated rings. The summed E-state index contributed by atoms with van der Waals surface area (Å²) in [6.45, 7) is 1.70. The summed E-state index contributed by atoms with van der Waals surface area (Å²) in [5, 5.41) is 7.81. The summed E-state index contributed by atoms with van der Waals surface area (Å²) in [4.78, 5) is 0. The van der Waals surface area contributed by atoms with Gasteiger partial charge in [0, 0.05) is 18.6 Å². The van der Waals surface area contributed by atoms with Gasteiger partial charge in [-0.1, -0.05) is 48.0 Å². The smallest absolute Gasteiger partial charge is 0.179 e. The lowest BCUT2D eigenvalue weighted by Gasteiger charge is -2.22. The molecular formula is C19H23ClN2O2. The van der Waals surface area contributed by atoms with Gasteiger partial charge in [-0.2, -0.15) is 0 Å². The van der Waals surface area contributed by atoms with Crippen molar-refractivity contribution in [1.82, 2.24) is 10.6 Å². The molecule has 0 bridgehead atoms. The van der Waals surface area contributed by atoms with Crippen LogP contribution in [0.1, 0.15) is 23.6 Å². The van der Waals surface area contributed by atoms with Crippen LogP contribution >= 0.6 is 11.6 Å². The van der Waals surface area contributed by atoms with Gasteiger partial charge in [0.05, 0.1) is 19.2 Å². The van der Waals surface area contributed by atoms with Crippen molar-refractivity contribution in [2.75, 3.05) is 20.8 Å². The zero-order valence-electron chi connectivity index (χ0n) is 14.0. The molecule has 24 heavy (non-hydrogen) atoms. The number of nitrogens with one attached hydrogen (secondary N) is 2. The average molecular weight is 347 g/mol. The first-order valence-electron chi connectivity index (χ1n) is 8.15. The van der Waals surface area contributed by atoms with Gasteiger partial charge in [0.25, 0.3) is 0 Å². The van der Waals surface area contributed by atoms with Crippen molar-refractivity contribution in [2.24, 2.45) is 0 Å². The van der Waals surface area contributed by atoms with E-state index in [4.69, 9.17) is 21.1 Å². The molecule has 4 nitrogen and oxygen atoms in total. The highest BCUT2D eigenvalue weighted by Crippen LogP contribution is 2.37. The predicted octanol–water partition coefficient (Wildman–Crippen LogP) is 3.55. The third-order valence-corrected chi connectivity index (χ3v) is 4.91. The second kappa shape index (κ2) is 7.88. The first-order chi connectivity index (χ1) is 11.7. The Morgan fingerprint density at radius 2 is 1.92 bits per heavy atom. The molecule has 0 aromatic heterocycles. The third kappa shape index (κ3) is 3.51. The lowest BCUT2D eigenvalue weighted by Crippen LogP contribution is -2.34. The van der Waals surface area contributed by atoms with E-state index < -0.39 is 0 Å². The van der Waals surface area contributed by atoms with Gasteiger partial charge in [-0.25, -0.2) is 0 Å². The van der Waals surface area contributed by atoms with Crippen molar-refractivity contribution in [3.63, 3.8) is 0 Å². The van der Waals surface area contributed by atoms with E-state index in [1.54, 1.807) is 14.2 Å². The molecule has 1 aliphatic heterocycles. The van der Waals surface area contributed by atoms with Crippen LogP contribution < -0.4 is 20.1 Å². The van der Waals surface area contributed by atoms with Crippen LogP contribution in [-0.2, 0) is 6.54 Å². The van der Waals surface area contributed by atoms with Gasteiger partial charge in [0.15, 0.2) is 11.5 Å². The maximum absolute atomic E-state index is 6.47. The van der Waals surface area contributed by atoms with Gasteiger partial charge in [0.2, 0.25) is 0 Å². The maximum Gasteiger partial charge on any atom is 0.179 e. The van der Waals surface area contributed by atoms with Gasteiger partial charge >= 0.3 is 0 Å². The summed E-state index contributed by atoms with van der Waals surface area (Å²) in [6, 6.07) is 15.1. The molecule has 2 atom stereocenters. The molecule has 1 heterocycles. The maximum atomic E-state index is 6.47. The Hall–Kier alpha value is -1.75. The van der Waals surface area contributed by atoms with E-state index in [0.717, 1.165) is 18.5 Å². The van der Waals surface area contributed by atoms with Crippen molar-refractivity contribution < 1.29 is 9.47 Å². The van der Waals surface area contributed by atoms with E-state index in [0.29, 0.717) is 35.2 Å². The van der Waals surface area contributed by atoms with Crippen LogP contribution in [0.4, 0.5) is 0 Å². The highest BCUT2D eigenvalue weighted by molar-refractivity contribution is 6.33. The molecule has 0 unspecified atom stereocenters. The Labute approximate surface area is 148 Å². The van der Waals surface area contributed by atoms with E-state index in [1.807, 2.05) is 18.2 Å². The van der Waals surface area contributed by atoms with E-state index in [-0.39, 0.29) is 0 Å². The summed E-state index contributed by atoms with van der Waals surface area (Å²) in [5.41, 5.74) is 2.32. The van der Waals surface area contributed by atoms with Crippen LogP contribution in [0.2, 0.25) is 5.02 Å². The van der Waals surface area contributed by atoms with Gasteiger partial charge in [-0.15, -0.1) is 0 Å². The number of hydrogen-bond acceptors (Lipinski definition) is 4. The molecule has 5 heteroatoms. The topological polar surface area (TPSA) is 42.5 Å². The van der Waals surface area contributed by atoms with Crippen LogP contribution in [0.25, 0.3) is 0 Å². The van der Waals surface area contributed by atoms with E-state index in [9.17, 15) is 0 Å². The normalized spacial score (nSPS) is 20.1. The lowest BCUT2D eigenvalue weighted by molar-refractivity contribution is 0.354. The quantitative estimate of drug-likeness (QED) is 0.839. The molecule has 0 aliphatic carbocycles. The van der Waals surface area contributed by atoms with E-state index in [1.165, 1.54) is 5.56 Å². The van der Waals surface area contributed by atoms with Crippen LogP contribution in [0.5, 0.6) is 11.5 Å². The van der Waals surface area contributed by atoms with Crippen LogP contribution in [0, 0.1) is 0 Å². The highest BCUT2D eigenvalue weighted by atomic mass is 35.5. The second-order valence-electron chi connectivity index (χ2n) is 5.89. The average Bonchev–Trinajstić information content (AvgIpc) is 3.09. The second-order valence-corrected chi connectivity index (χ2v) is 6.27. The minimum atomic E-state index is 0.324. The number of rotatable bonds is 6. The van der Waals surface area contributed by atoms with Gasteiger partial charge in [-0.3, -0.25) is 0 Å².